The first-order chi connectivity index (χ1) is 12.1. The van der Waals surface area contributed by atoms with Crippen molar-refractivity contribution in [3.05, 3.63) is 50.3 Å². The van der Waals surface area contributed by atoms with Gasteiger partial charge in [0.25, 0.3) is 6.43 Å². The van der Waals surface area contributed by atoms with E-state index in [0.29, 0.717) is 23.0 Å². The Labute approximate surface area is 179 Å². The number of hydrogen-bond donors (Lipinski definition) is 0. The zero-order valence-corrected chi connectivity index (χ0v) is 17.7. The molecule has 0 aromatic carbocycles. The van der Waals surface area contributed by atoms with E-state index in [9.17, 15) is 8.78 Å². The molecule has 0 radical (unpaired) electrons. The molecule has 1 unspecified atom stereocenters. The van der Waals surface area contributed by atoms with Gasteiger partial charge in [0.15, 0.2) is 5.65 Å². The first-order valence-electron chi connectivity index (χ1n) is 8.13. The molecule has 1 atom stereocenters. The molecule has 0 N–H and O–H groups in total. The maximum atomic E-state index is 12.9. The van der Waals surface area contributed by atoms with E-state index < -0.39 is 6.43 Å². The summed E-state index contributed by atoms with van der Waals surface area (Å²) >= 11 is 0. The van der Waals surface area contributed by atoms with Crippen LogP contribution in [0.4, 0.5) is 14.6 Å². The van der Waals surface area contributed by atoms with E-state index in [4.69, 9.17) is 0 Å². The molecule has 4 rings (SSSR count). The van der Waals surface area contributed by atoms with Gasteiger partial charge in [0, 0.05) is 12.6 Å². The van der Waals surface area contributed by atoms with Crippen LogP contribution in [0, 0.1) is 19.8 Å². The minimum absolute atomic E-state index is 0. The van der Waals surface area contributed by atoms with Crippen molar-refractivity contribution in [1.82, 2.24) is 24.6 Å². The van der Waals surface area contributed by atoms with Gasteiger partial charge in [-0.3, -0.25) is 0 Å². The van der Waals surface area contributed by atoms with Gasteiger partial charge in [-0.15, -0.1) is 6.54 Å². The largest absolute Gasteiger partial charge is 1.00 e. The van der Waals surface area contributed by atoms with Crippen molar-refractivity contribution in [2.45, 2.75) is 19.8 Å². The zero-order valence-electron chi connectivity index (χ0n) is 15.7. The van der Waals surface area contributed by atoms with Gasteiger partial charge in [0.1, 0.15) is 23.5 Å². The van der Waals surface area contributed by atoms with Crippen LogP contribution in [0.2, 0.25) is 0 Å². The van der Waals surface area contributed by atoms with Crippen molar-refractivity contribution >= 4 is 11.5 Å². The summed E-state index contributed by atoms with van der Waals surface area (Å²) in [5.41, 5.74) is 1.38. The van der Waals surface area contributed by atoms with Gasteiger partial charge in [-0.2, -0.15) is 11.5 Å². The monoisotopic (exact) mass is 381 g/mol. The van der Waals surface area contributed by atoms with Crippen LogP contribution in [-0.4, -0.2) is 37.7 Å². The van der Waals surface area contributed by atoms with Gasteiger partial charge < -0.3 is 18.7 Å². The Kier molecular flexibility index (Phi) is 7.25. The molecule has 9 heteroatoms. The van der Waals surface area contributed by atoms with Gasteiger partial charge in [-0.1, -0.05) is 12.8 Å². The van der Waals surface area contributed by atoms with Crippen LogP contribution >= 0.6 is 0 Å². The molecule has 27 heavy (non-hydrogen) atoms. The fourth-order valence-electron chi connectivity index (χ4n) is 3.07. The second kappa shape index (κ2) is 9.03. The molecular weight excluding hydrogens is 361 g/mol. The molecule has 6 nitrogen and oxygen atoms in total. The van der Waals surface area contributed by atoms with Gasteiger partial charge in [-0.05, 0) is 12.1 Å². The molecular formula is C18H20F2N6Na-. The SMILES string of the molecule is CC1C[CH-]CN(c2cc(-c3cnc4ccc(C(F)F)nn34)ncn2)C1.[CH3-].[Na+]. The molecule has 1 saturated heterocycles. The molecule has 4 heterocycles. The number of piperidine rings is 1. The smallest absolute Gasteiger partial charge is 0.386 e. The maximum Gasteiger partial charge on any atom is 1.00 e. The average molecular weight is 381 g/mol. The molecule has 138 valence electrons. The van der Waals surface area contributed by atoms with Gasteiger partial charge in [0.05, 0.1) is 11.9 Å². The molecule has 0 saturated carbocycles. The second-order valence-electron chi connectivity index (χ2n) is 6.27. The van der Waals surface area contributed by atoms with E-state index in [1.165, 1.54) is 23.0 Å². The van der Waals surface area contributed by atoms with Crippen molar-refractivity contribution in [3.63, 3.8) is 0 Å². The van der Waals surface area contributed by atoms with Crippen molar-refractivity contribution in [1.29, 1.82) is 0 Å². The molecule has 1 aliphatic rings. The summed E-state index contributed by atoms with van der Waals surface area (Å²) in [5, 5.41) is 3.99. The number of alkyl halides is 2. The third-order valence-corrected chi connectivity index (χ3v) is 4.30. The maximum absolute atomic E-state index is 12.9. The third-order valence-electron chi connectivity index (χ3n) is 4.30. The summed E-state index contributed by atoms with van der Waals surface area (Å²) in [4.78, 5) is 15.0. The number of fused-ring (bicyclic) bond motifs is 1. The topological polar surface area (TPSA) is 59.2 Å². The van der Waals surface area contributed by atoms with Crippen molar-refractivity contribution in [2.75, 3.05) is 18.0 Å². The van der Waals surface area contributed by atoms with Crippen LogP contribution in [-0.2, 0) is 0 Å². The zero-order chi connectivity index (χ0) is 17.4. The molecule has 0 bridgehead atoms. The Morgan fingerprint density at radius 1 is 1.22 bits per heavy atom. The third kappa shape index (κ3) is 4.44. The van der Waals surface area contributed by atoms with Crippen molar-refractivity contribution < 1.29 is 38.3 Å². The van der Waals surface area contributed by atoms with E-state index in [-0.39, 0.29) is 42.7 Å². The van der Waals surface area contributed by atoms with Crippen LogP contribution in [0.1, 0.15) is 25.5 Å². The van der Waals surface area contributed by atoms with Gasteiger partial charge in [-0.25, -0.2) is 28.2 Å². The fourth-order valence-corrected chi connectivity index (χ4v) is 3.07. The summed E-state index contributed by atoms with van der Waals surface area (Å²) < 4.78 is 27.3. The first kappa shape index (κ1) is 21.7. The standard InChI is InChI=1S/C17H17F2N6.CH3.Na/c1-11-3-2-6-24(9-11)16-7-13(21-10-22-16)14-8-20-15-5-4-12(17(18)19)23-25(14)15;;/h2,4-5,7-8,10-11,17H,3,6,9H2,1H3;1H3;/q2*-1;+1. The van der Waals surface area contributed by atoms with E-state index in [2.05, 4.69) is 38.3 Å². The van der Waals surface area contributed by atoms with Crippen LogP contribution < -0.4 is 34.5 Å². The van der Waals surface area contributed by atoms with E-state index in [0.717, 1.165) is 25.3 Å². The molecule has 3 aromatic heterocycles. The second-order valence-corrected chi connectivity index (χ2v) is 6.27. The normalized spacial score (nSPS) is 16.9. The average Bonchev–Trinajstić information content (AvgIpc) is 3.05. The quantitative estimate of drug-likeness (QED) is 0.492. The number of halogens is 2. The molecule has 1 fully saturated rings. The number of aromatic nitrogens is 5. The minimum Gasteiger partial charge on any atom is -0.386 e. The number of anilines is 1. The summed E-state index contributed by atoms with van der Waals surface area (Å²) in [6.07, 6.45) is 3.78. The van der Waals surface area contributed by atoms with E-state index in [1.54, 1.807) is 6.20 Å². The van der Waals surface area contributed by atoms with Crippen molar-refractivity contribution in [3.8, 4) is 11.4 Å². The van der Waals surface area contributed by atoms with Crippen LogP contribution in [0.5, 0.6) is 0 Å². The number of rotatable bonds is 3. The summed E-state index contributed by atoms with van der Waals surface area (Å²) in [7, 11) is 0. The molecule has 3 aromatic rings. The Balaban J connectivity index is 0.00000131. The Morgan fingerprint density at radius 3 is 2.78 bits per heavy atom. The Morgan fingerprint density at radius 2 is 2.04 bits per heavy atom. The number of nitrogens with zero attached hydrogens (tertiary/aromatic N) is 6. The molecule has 0 amide bonds. The minimum atomic E-state index is -2.63. The predicted molar refractivity (Wildman–Crippen MR) is 95.7 cm³/mol. The molecule has 1 aliphatic heterocycles. The fraction of sp³-hybridized carbons (Fsp3) is 0.333. The van der Waals surface area contributed by atoms with Crippen LogP contribution in [0.25, 0.3) is 17.0 Å². The number of imidazole rings is 1. The summed E-state index contributed by atoms with van der Waals surface area (Å²) in [6, 6.07) is 4.67. The van der Waals surface area contributed by atoms with E-state index >= 15 is 0 Å². The van der Waals surface area contributed by atoms with E-state index in [1.807, 2.05) is 6.07 Å². The summed E-state index contributed by atoms with van der Waals surface area (Å²) in [6.45, 7) is 3.96. The first-order valence-corrected chi connectivity index (χ1v) is 8.13. The van der Waals surface area contributed by atoms with Crippen molar-refractivity contribution in [2.24, 2.45) is 5.92 Å². The van der Waals surface area contributed by atoms with Crippen LogP contribution in [0.3, 0.4) is 0 Å². The van der Waals surface area contributed by atoms with Crippen LogP contribution in [0.15, 0.2) is 30.7 Å². The predicted octanol–water partition coefficient (Wildman–Crippen LogP) is 0.629. The molecule has 0 aliphatic carbocycles. The number of hydrogen-bond acceptors (Lipinski definition) is 5. The summed E-state index contributed by atoms with van der Waals surface area (Å²) in [5.74, 6) is 1.38. The van der Waals surface area contributed by atoms with Gasteiger partial charge in [0.2, 0.25) is 0 Å². The van der Waals surface area contributed by atoms with Gasteiger partial charge >= 0.3 is 29.6 Å². The molecule has 0 spiro atoms. The Hall–Kier alpha value is -1.64. The Bertz CT molecular complexity index is 900.